The van der Waals surface area contributed by atoms with Gasteiger partial charge in [0, 0.05) is 44.5 Å². The molecule has 0 bridgehead atoms. The molecule has 2 atom stereocenters. The van der Waals surface area contributed by atoms with Crippen molar-refractivity contribution in [2.45, 2.75) is 69.9 Å². The van der Waals surface area contributed by atoms with Gasteiger partial charge in [-0.05, 0) is 57.7 Å². The fourth-order valence-electron chi connectivity index (χ4n) is 4.84. The Hall–Kier alpha value is -1.40. The lowest BCUT2D eigenvalue weighted by molar-refractivity contribution is 0.168. The highest BCUT2D eigenvalue weighted by atomic mass is 15.3. The Morgan fingerprint density at radius 2 is 1.81 bits per heavy atom. The van der Waals surface area contributed by atoms with Crippen molar-refractivity contribution >= 4 is 11.8 Å². The number of hydrogen-bond donors (Lipinski definition) is 2. The van der Waals surface area contributed by atoms with E-state index in [4.69, 9.17) is 4.98 Å². The van der Waals surface area contributed by atoms with Crippen molar-refractivity contribution in [3.8, 4) is 0 Å². The van der Waals surface area contributed by atoms with E-state index in [1.807, 2.05) is 6.20 Å². The highest BCUT2D eigenvalue weighted by molar-refractivity contribution is 5.43. The number of likely N-dealkylation sites (tertiary alicyclic amines) is 1. The van der Waals surface area contributed by atoms with Crippen LogP contribution in [-0.2, 0) is 0 Å². The normalized spacial score (nSPS) is 28.4. The van der Waals surface area contributed by atoms with E-state index in [1.165, 1.54) is 70.9 Å². The van der Waals surface area contributed by atoms with Gasteiger partial charge in [0.25, 0.3) is 0 Å². The third kappa shape index (κ3) is 5.32. The van der Waals surface area contributed by atoms with Crippen molar-refractivity contribution in [2.75, 3.05) is 49.5 Å². The summed E-state index contributed by atoms with van der Waals surface area (Å²) in [5.41, 5.74) is 0. The van der Waals surface area contributed by atoms with E-state index < -0.39 is 0 Å². The zero-order valence-corrected chi connectivity index (χ0v) is 16.7. The van der Waals surface area contributed by atoms with Gasteiger partial charge in [-0.3, -0.25) is 4.90 Å². The van der Waals surface area contributed by atoms with Crippen LogP contribution in [0.3, 0.4) is 0 Å². The lowest BCUT2D eigenvalue weighted by Crippen LogP contribution is -2.49. The van der Waals surface area contributed by atoms with E-state index in [0.717, 1.165) is 37.9 Å². The van der Waals surface area contributed by atoms with E-state index in [2.05, 4.69) is 31.5 Å². The summed E-state index contributed by atoms with van der Waals surface area (Å²) in [6, 6.07) is 3.23. The van der Waals surface area contributed by atoms with E-state index in [0.29, 0.717) is 12.1 Å². The van der Waals surface area contributed by atoms with E-state index in [1.54, 1.807) is 0 Å². The molecule has 3 aliphatic heterocycles. The average Bonchev–Trinajstić information content (AvgIpc) is 3.12. The summed E-state index contributed by atoms with van der Waals surface area (Å²) < 4.78 is 0. The van der Waals surface area contributed by atoms with Crippen molar-refractivity contribution in [3.63, 3.8) is 0 Å². The Labute approximate surface area is 164 Å². The van der Waals surface area contributed by atoms with Gasteiger partial charge in [0.1, 0.15) is 5.82 Å². The maximum Gasteiger partial charge on any atom is 0.224 e. The minimum absolute atomic E-state index is 0.453. The highest BCUT2D eigenvalue weighted by Gasteiger charge is 2.26. The van der Waals surface area contributed by atoms with Crippen LogP contribution in [0.2, 0.25) is 0 Å². The molecule has 6 nitrogen and oxygen atoms in total. The topological polar surface area (TPSA) is 56.3 Å². The quantitative estimate of drug-likeness (QED) is 0.848. The molecule has 2 N–H and O–H groups in total. The number of aromatic nitrogens is 2. The van der Waals surface area contributed by atoms with Crippen LogP contribution < -0.4 is 15.5 Å². The zero-order chi connectivity index (χ0) is 18.3. The molecule has 150 valence electrons. The summed E-state index contributed by atoms with van der Waals surface area (Å²) >= 11 is 0. The van der Waals surface area contributed by atoms with Crippen LogP contribution in [0.1, 0.15) is 57.8 Å². The Balaban J connectivity index is 1.39. The molecule has 3 aliphatic rings. The molecule has 2 unspecified atom stereocenters. The smallest absolute Gasteiger partial charge is 0.224 e. The fraction of sp³-hybridized carbons (Fsp3) is 0.810. The summed E-state index contributed by atoms with van der Waals surface area (Å²) in [6.45, 7) is 6.93. The number of rotatable bonds is 4. The highest BCUT2D eigenvalue weighted by Crippen LogP contribution is 2.21. The molecule has 1 aromatic rings. The van der Waals surface area contributed by atoms with Crippen LogP contribution in [0.25, 0.3) is 0 Å². The summed E-state index contributed by atoms with van der Waals surface area (Å²) in [5.74, 6) is 1.90. The molecule has 3 saturated heterocycles. The summed E-state index contributed by atoms with van der Waals surface area (Å²) in [5, 5.41) is 7.25. The number of nitrogens with one attached hydrogen (secondary N) is 2. The predicted molar refractivity (Wildman–Crippen MR) is 111 cm³/mol. The number of hydrogen-bond acceptors (Lipinski definition) is 6. The van der Waals surface area contributed by atoms with Crippen molar-refractivity contribution in [1.29, 1.82) is 0 Å². The predicted octanol–water partition coefficient (Wildman–Crippen LogP) is 2.88. The van der Waals surface area contributed by atoms with Crippen LogP contribution in [-0.4, -0.2) is 66.2 Å². The molecule has 1 aromatic heterocycles. The van der Waals surface area contributed by atoms with Gasteiger partial charge in [0.15, 0.2) is 0 Å². The minimum atomic E-state index is 0.453. The van der Waals surface area contributed by atoms with Crippen LogP contribution in [0, 0.1) is 0 Å². The van der Waals surface area contributed by atoms with E-state index >= 15 is 0 Å². The molecule has 0 amide bonds. The first-order valence-electron chi connectivity index (χ1n) is 11.2. The average molecular weight is 373 g/mol. The lowest BCUT2D eigenvalue weighted by Gasteiger charge is -2.35. The van der Waals surface area contributed by atoms with Gasteiger partial charge in [-0.2, -0.15) is 4.98 Å². The van der Waals surface area contributed by atoms with Crippen molar-refractivity contribution in [2.24, 2.45) is 0 Å². The van der Waals surface area contributed by atoms with E-state index in [-0.39, 0.29) is 0 Å². The van der Waals surface area contributed by atoms with Crippen LogP contribution in [0.4, 0.5) is 11.8 Å². The number of nitrogens with zero attached hydrogens (tertiary/aromatic N) is 4. The minimum Gasteiger partial charge on any atom is -0.356 e. The molecule has 0 spiro atoms. The second-order valence-electron chi connectivity index (χ2n) is 8.47. The molecule has 0 radical (unpaired) electrons. The summed E-state index contributed by atoms with van der Waals surface area (Å²) in [7, 11) is 0. The van der Waals surface area contributed by atoms with E-state index in [9.17, 15) is 0 Å². The third-order valence-electron chi connectivity index (χ3n) is 6.39. The van der Waals surface area contributed by atoms with Gasteiger partial charge in [0.2, 0.25) is 5.95 Å². The molecule has 0 aromatic carbocycles. The van der Waals surface area contributed by atoms with Crippen molar-refractivity contribution in [1.82, 2.24) is 20.2 Å². The maximum atomic E-state index is 4.87. The molecule has 6 heteroatoms. The molecule has 0 aliphatic carbocycles. The van der Waals surface area contributed by atoms with Crippen LogP contribution in [0.5, 0.6) is 0 Å². The van der Waals surface area contributed by atoms with Gasteiger partial charge in [-0.1, -0.05) is 19.3 Å². The Morgan fingerprint density at radius 1 is 0.963 bits per heavy atom. The zero-order valence-electron chi connectivity index (χ0n) is 16.7. The molecule has 27 heavy (non-hydrogen) atoms. The van der Waals surface area contributed by atoms with Gasteiger partial charge in [-0.25, -0.2) is 4.98 Å². The number of piperidine rings is 1. The first-order valence-corrected chi connectivity index (χ1v) is 11.2. The van der Waals surface area contributed by atoms with Gasteiger partial charge >= 0.3 is 0 Å². The molecular weight excluding hydrogens is 336 g/mol. The molecule has 4 rings (SSSR count). The van der Waals surface area contributed by atoms with Crippen LogP contribution in [0.15, 0.2) is 12.3 Å². The van der Waals surface area contributed by atoms with Gasteiger partial charge < -0.3 is 15.5 Å². The Morgan fingerprint density at radius 3 is 2.63 bits per heavy atom. The van der Waals surface area contributed by atoms with Crippen molar-refractivity contribution < 1.29 is 0 Å². The second-order valence-corrected chi connectivity index (χ2v) is 8.47. The monoisotopic (exact) mass is 372 g/mol. The third-order valence-corrected chi connectivity index (χ3v) is 6.39. The maximum absolute atomic E-state index is 4.87. The lowest BCUT2D eigenvalue weighted by atomic mass is 10.1. The van der Waals surface area contributed by atoms with Gasteiger partial charge in [-0.15, -0.1) is 0 Å². The Kier molecular flexibility index (Phi) is 6.80. The first-order chi connectivity index (χ1) is 13.4. The molecule has 4 heterocycles. The largest absolute Gasteiger partial charge is 0.356 e. The first kappa shape index (κ1) is 18.9. The van der Waals surface area contributed by atoms with Crippen molar-refractivity contribution in [3.05, 3.63) is 12.3 Å². The molecule has 0 saturated carbocycles. The summed E-state index contributed by atoms with van der Waals surface area (Å²) in [4.78, 5) is 14.6. The summed E-state index contributed by atoms with van der Waals surface area (Å²) in [6.07, 6.45) is 13.6. The fourth-order valence-corrected chi connectivity index (χ4v) is 4.84. The Bertz CT molecular complexity index is 566. The molecule has 3 fully saturated rings. The second kappa shape index (κ2) is 9.69. The molecular formula is C21H36N6. The number of anilines is 2. The standard InChI is InChI=1S/C21H36N6/c1-2-5-14-26(13-4-1)20-10-12-23-21(25-20)24-18-8-3-6-15-27(17-18)19-9-7-11-22-16-19/h10,12,18-19,22H,1-9,11,13-17H2,(H,23,24,25). The van der Waals surface area contributed by atoms with Crippen LogP contribution >= 0.6 is 0 Å². The SMILES string of the molecule is c1cc(N2CCCCCC2)nc(NC2CCCCN(C3CCCNC3)C2)n1. The van der Waals surface area contributed by atoms with Gasteiger partial charge in [0.05, 0.1) is 0 Å².